The van der Waals surface area contributed by atoms with Crippen molar-refractivity contribution in [1.29, 1.82) is 0 Å². The normalized spacial score (nSPS) is 10.2. The Balaban J connectivity index is 3.02. The molecule has 0 aliphatic carbocycles. The second-order valence-electron chi connectivity index (χ2n) is 2.86. The third kappa shape index (κ3) is 1.83. The molecule has 0 unspecified atom stereocenters. The summed E-state index contributed by atoms with van der Waals surface area (Å²) in [5.41, 5.74) is 9.18. The Kier molecular flexibility index (Phi) is 3.23. The zero-order valence-electron chi connectivity index (χ0n) is 7.80. The van der Waals surface area contributed by atoms with E-state index in [9.17, 15) is 0 Å². The highest BCUT2D eigenvalue weighted by molar-refractivity contribution is 5.25. The first-order chi connectivity index (χ1) is 5.81. The van der Waals surface area contributed by atoms with E-state index in [4.69, 9.17) is 5.73 Å². The predicted molar refractivity (Wildman–Crippen MR) is 50.9 cm³/mol. The van der Waals surface area contributed by atoms with Gasteiger partial charge in [-0.15, -0.1) is 0 Å². The van der Waals surface area contributed by atoms with Gasteiger partial charge in [0.1, 0.15) is 0 Å². The summed E-state index contributed by atoms with van der Waals surface area (Å²) in [6.45, 7) is 4.82. The van der Waals surface area contributed by atoms with Gasteiger partial charge in [0.2, 0.25) is 0 Å². The van der Waals surface area contributed by atoms with E-state index in [2.05, 4.69) is 24.9 Å². The molecule has 0 aliphatic heterocycles. The largest absolute Gasteiger partial charge is 0.325 e. The molecule has 1 rings (SSSR count). The first-order valence-corrected chi connectivity index (χ1v) is 4.48. The van der Waals surface area contributed by atoms with Gasteiger partial charge in [-0.2, -0.15) is 0 Å². The fourth-order valence-corrected chi connectivity index (χ4v) is 1.27. The molecule has 0 saturated carbocycles. The van der Waals surface area contributed by atoms with Crippen LogP contribution in [0.25, 0.3) is 0 Å². The molecule has 1 heterocycles. The molecule has 0 spiro atoms. The van der Waals surface area contributed by atoms with Gasteiger partial charge in [-0.3, -0.25) is 4.98 Å². The number of hydrogen-bond donors (Lipinski definition) is 1. The van der Waals surface area contributed by atoms with Crippen LogP contribution in [0.5, 0.6) is 0 Å². The number of hydrogen-bond acceptors (Lipinski definition) is 2. The van der Waals surface area contributed by atoms with Crippen LogP contribution in [0.1, 0.15) is 30.7 Å². The maximum Gasteiger partial charge on any atom is 0.0571 e. The van der Waals surface area contributed by atoms with Crippen molar-refractivity contribution >= 4 is 0 Å². The van der Waals surface area contributed by atoms with E-state index in [1.807, 2.05) is 6.20 Å². The monoisotopic (exact) mass is 164 g/mol. The van der Waals surface area contributed by atoms with E-state index in [0.29, 0.717) is 6.54 Å². The molecule has 0 atom stereocenters. The third-order valence-corrected chi connectivity index (χ3v) is 2.10. The van der Waals surface area contributed by atoms with Crippen LogP contribution >= 0.6 is 0 Å². The van der Waals surface area contributed by atoms with Gasteiger partial charge in [0.05, 0.1) is 5.69 Å². The lowest BCUT2D eigenvalue weighted by Gasteiger charge is -2.05. The van der Waals surface area contributed by atoms with Crippen molar-refractivity contribution < 1.29 is 0 Å². The quantitative estimate of drug-likeness (QED) is 0.738. The maximum absolute atomic E-state index is 5.56. The van der Waals surface area contributed by atoms with E-state index in [1.165, 1.54) is 11.1 Å². The smallest absolute Gasteiger partial charge is 0.0571 e. The second-order valence-corrected chi connectivity index (χ2v) is 2.86. The number of pyridine rings is 1. The molecular weight excluding hydrogens is 148 g/mol. The van der Waals surface area contributed by atoms with Crippen LogP contribution in [0, 0.1) is 0 Å². The molecule has 1 aromatic heterocycles. The molecular formula is C10H16N2. The molecule has 0 bridgehead atoms. The average molecular weight is 164 g/mol. The zero-order valence-corrected chi connectivity index (χ0v) is 7.80. The summed E-state index contributed by atoms with van der Waals surface area (Å²) >= 11 is 0. The van der Waals surface area contributed by atoms with Gasteiger partial charge in [-0.1, -0.05) is 19.9 Å². The topological polar surface area (TPSA) is 38.9 Å². The van der Waals surface area contributed by atoms with E-state index < -0.39 is 0 Å². The molecule has 2 heteroatoms. The van der Waals surface area contributed by atoms with Crippen LogP contribution in [0.15, 0.2) is 12.3 Å². The number of aryl methyl sites for hydroxylation is 2. The Bertz CT molecular complexity index is 256. The molecule has 0 aliphatic rings. The molecule has 0 radical (unpaired) electrons. The number of nitrogens with two attached hydrogens (primary N) is 1. The van der Waals surface area contributed by atoms with Crippen molar-refractivity contribution in [3.05, 3.63) is 29.1 Å². The summed E-state index contributed by atoms with van der Waals surface area (Å²) in [7, 11) is 0. The molecule has 12 heavy (non-hydrogen) atoms. The summed E-state index contributed by atoms with van der Waals surface area (Å²) < 4.78 is 0. The Morgan fingerprint density at radius 1 is 1.33 bits per heavy atom. The van der Waals surface area contributed by atoms with Crippen molar-refractivity contribution in [3.63, 3.8) is 0 Å². The standard InChI is InChI=1S/C10H16N2/c1-3-8-5-9(4-2)10(6-11)12-7-8/h5,7H,3-4,6,11H2,1-2H3. The molecule has 0 aromatic carbocycles. The molecule has 66 valence electrons. The summed E-state index contributed by atoms with van der Waals surface area (Å²) in [6.07, 6.45) is 3.99. The molecule has 2 nitrogen and oxygen atoms in total. The molecule has 0 saturated heterocycles. The van der Waals surface area contributed by atoms with Gasteiger partial charge in [-0.25, -0.2) is 0 Å². The van der Waals surface area contributed by atoms with E-state index in [1.54, 1.807) is 0 Å². The molecule has 0 amide bonds. The van der Waals surface area contributed by atoms with Crippen LogP contribution in [0.2, 0.25) is 0 Å². The SMILES string of the molecule is CCc1cnc(CN)c(CC)c1. The van der Waals surface area contributed by atoms with Gasteiger partial charge in [0.25, 0.3) is 0 Å². The van der Waals surface area contributed by atoms with Gasteiger partial charge in [0.15, 0.2) is 0 Å². The highest BCUT2D eigenvalue weighted by Gasteiger charge is 2.00. The number of rotatable bonds is 3. The Morgan fingerprint density at radius 2 is 2.08 bits per heavy atom. The molecule has 1 aromatic rings. The first-order valence-electron chi connectivity index (χ1n) is 4.48. The fraction of sp³-hybridized carbons (Fsp3) is 0.500. The zero-order chi connectivity index (χ0) is 8.97. The Morgan fingerprint density at radius 3 is 2.58 bits per heavy atom. The van der Waals surface area contributed by atoms with Crippen molar-refractivity contribution in [1.82, 2.24) is 4.98 Å². The summed E-state index contributed by atoms with van der Waals surface area (Å²) in [5, 5.41) is 0. The Hall–Kier alpha value is -0.890. The highest BCUT2D eigenvalue weighted by Crippen LogP contribution is 2.09. The lowest BCUT2D eigenvalue weighted by atomic mass is 10.1. The van der Waals surface area contributed by atoms with Crippen LogP contribution in [0.3, 0.4) is 0 Å². The minimum atomic E-state index is 0.549. The summed E-state index contributed by atoms with van der Waals surface area (Å²) in [4.78, 5) is 4.31. The van der Waals surface area contributed by atoms with Crippen LogP contribution < -0.4 is 5.73 Å². The predicted octanol–water partition coefficient (Wildman–Crippen LogP) is 1.67. The Labute approximate surface area is 73.8 Å². The minimum absolute atomic E-state index is 0.549. The van der Waals surface area contributed by atoms with Crippen molar-refractivity contribution in [2.24, 2.45) is 5.73 Å². The first kappa shape index (κ1) is 9.20. The van der Waals surface area contributed by atoms with Crippen molar-refractivity contribution in [3.8, 4) is 0 Å². The van der Waals surface area contributed by atoms with Crippen molar-refractivity contribution in [2.45, 2.75) is 33.2 Å². The van der Waals surface area contributed by atoms with Crippen molar-refractivity contribution in [2.75, 3.05) is 0 Å². The molecule has 2 N–H and O–H groups in total. The van der Waals surface area contributed by atoms with E-state index in [-0.39, 0.29) is 0 Å². The lowest BCUT2D eigenvalue weighted by molar-refractivity contribution is 0.919. The van der Waals surface area contributed by atoms with Crippen LogP contribution in [-0.2, 0) is 19.4 Å². The highest BCUT2D eigenvalue weighted by atomic mass is 14.7. The van der Waals surface area contributed by atoms with Gasteiger partial charge in [-0.05, 0) is 24.0 Å². The van der Waals surface area contributed by atoms with Gasteiger partial charge in [0, 0.05) is 12.7 Å². The lowest BCUT2D eigenvalue weighted by Crippen LogP contribution is -2.04. The van der Waals surface area contributed by atoms with Crippen LogP contribution in [0.4, 0.5) is 0 Å². The van der Waals surface area contributed by atoms with E-state index in [0.717, 1.165) is 18.5 Å². The number of nitrogens with zero attached hydrogens (tertiary/aromatic N) is 1. The second kappa shape index (κ2) is 4.21. The van der Waals surface area contributed by atoms with E-state index >= 15 is 0 Å². The van der Waals surface area contributed by atoms with Crippen LogP contribution in [-0.4, -0.2) is 4.98 Å². The summed E-state index contributed by atoms with van der Waals surface area (Å²) in [6, 6.07) is 2.20. The molecule has 0 fully saturated rings. The fourth-order valence-electron chi connectivity index (χ4n) is 1.27. The summed E-state index contributed by atoms with van der Waals surface area (Å²) in [5.74, 6) is 0. The number of aromatic nitrogens is 1. The minimum Gasteiger partial charge on any atom is -0.325 e. The maximum atomic E-state index is 5.56. The van der Waals surface area contributed by atoms with Gasteiger partial charge >= 0.3 is 0 Å². The van der Waals surface area contributed by atoms with Gasteiger partial charge < -0.3 is 5.73 Å². The third-order valence-electron chi connectivity index (χ3n) is 2.10. The average Bonchev–Trinajstić information content (AvgIpc) is 2.16.